The van der Waals surface area contributed by atoms with Gasteiger partial charge in [0.15, 0.2) is 0 Å². The first-order valence-corrected chi connectivity index (χ1v) is 6.54. The van der Waals surface area contributed by atoms with E-state index in [9.17, 15) is 0 Å². The lowest BCUT2D eigenvalue weighted by molar-refractivity contribution is 0.711. The summed E-state index contributed by atoms with van der Waals surface area (Å²) < 4.78 is 0. The SMILES string of the molecule is NNC(=Nc1ccccc1)C1Cc2ccccc2C1. The van der Waals surface area contributed by atoms with Gasteiger partial charge in [-0.15, -0.1) is 0 Å². The average Bonchev–Trinajstić information content (AvgIpc) is 2.89. The van der Waals surface area contributed by atoms with Crippen molar-refractivity contribution in [3.63, 3.8) is 0 Å². The van der Waals surface area contributed by atoms with E-state index < -0.39 is 0 Å². The topological polar surface area (TPSA) is 50.4 Å². The fourth-order valence-electron chi connectivity index (χ4n) is 2.64. The van der Waals surface area contributed by atoms with Crippen LogP contribution in [0.4, 0.5) is 5.69 Å². The number of nitrogens with zero attached hydrogens (tertiary/aromatic N) is 1. The first kappa shape index (κ1) is 11.9. The number of hydrazine groups is 1. The van der Waals surface area contributed by atoms with Crippen molar-refractivity contribution in [1.29, 1.82) is 0 Å². The number of rotatable bonds is 2. The Kier molecular flexibility index (Phi) is 3.29. The van der Waals surface area contributed by atoms with Crippen molar-refractivity contribution in [2.75, 3.05) is 0 Å². The summed E-state index contributed by atoms with van der Waals surface area (Å²) in [7, 11) is 0. The molecule has 0 amide bonds. The van der Waals surface area contributed by atoms with Crippen molar-refractivity contribution < 1.29 is 0 Å². The van der Waals surface area contributed by atoms with Crippen molar-refractivity contribution in [3.05, 3.63) is 65.7 Å². The third-order valence-corrected chi connectivity index (χ3v) is 3.59. The van der Waals surface area contributed by atoms with Crippen LogP contribution < -0.4 is 11.3 Å². The Morgan fingerprint density at radius 2 is 1.53 bits per heavy atom. The molecular weight excluding hydrogens is 234 g/mol. The molecule has 0 aromatic heterocycles. The number of aliphatic imine (C=N–C) groups is 1. The summed E-state index contributed by atoms with van der Waals surface area (Å²) >= 11 is 0. The first-order chi connectivity index (χ1) is 9.36. The quantitative estimate of drug-likeness (QED) is 0.373. The van der Waals surface area contributed by atoms with E-state index >= 15 is 0 Å². The molecule has 0 fully saturated rings. The van der Waals surface area contributed by atoms with E-state index in [1.54, 1.807) is 0 Å². The summed E-state index contributed by atoms with van der Waals surface area (Å²) in [6.07, 6.45) is 2.01. The fraction of sp³-hybridized carbons (Fsp3) is 0.188. The summed E-state index contributed by atoms with van der Waals surface area (Å²) in [5.41, 5.74) is 6.53. The minimum absolute atomic E-state index is 0.350. The van der Waals surface area contributed by atoms with E-state index in [1.165, 1.54) is 11.1 Å². The van der Waals surface area contributed by atoms with Crippen molar-refractivity contribution >= 4 is 11.5 Å². The van der Waals surface area contributed by atoms with Crippen LogP contribution in [-0.4, -0.2) is 5.84 Å². The van der Waals surface area contributed by atoms with Gasteiger partial charge in [0.05, 0.1) is 5.69 Å². The molecule has 0 saturated heterocycles. The second kappa shape index (κ2) is 5.24. The van der Waals surface area contributed by atoms with Crippen LogP contribution in [0.2, 0.25) is 0 Å². The molecule has 0 saturated carbocycles. The predicted octanol–water partition coefficient (Wildman–Crippen LogP) is 2.59. The van der Waals surface area contributed by atoms with Gasteiger partial charge in [0.2, 0.25) is 0 Å². The van der Waals surface area contributed by atoms with E-state index in [0.717, 1.165) is 24.4 Å². The summed E-state index contributed by atoms with van der Waals surface area (Å²) in [5.74, 6) is 6.87. The van der Waals surface area contributed by atoms with E-state index in [1.807, 2.05) is 30.3 Å². The highest BCUT2D eigenvalue weighted by atomic mass is 15.3. The number of benzene rings is 2. The van der Waals surface area contributed by atoms with Crippen LogP contribution in [-0.2, 0) is 12.8 Å². The van der Waals surface area contributed by atoms with E-state index in [-0.39, 0.29) is 0 Å². The summed E-state index contributed by atoms with van der Waals surface area (Å²) in [5, 5.41) is 0. The lowest BCUT2D eigenvalue weighted by atomic mass is 10.1. The highest BCUT2D eigenvalue weighted by molar-refractivity contribution is 5.87. The van der Waals surface area contributed by atoms with Gasteiger partial charge in [-0.2, -0.15) is 0 Å². The zero-order chi connectivity index (χ0) is 13.1. The number of fused-ring (bicyclic) bond motifs is 1. The molecule has 0 atom stereocenters. The number of amidine groups is 1. The maximum absolute atomic E-state index is 5.65. The lowest BCUT2D eigenvalue weighted by Gasteiger charge is -2.12. The Labute approximate surface area is 113 Å². The first-order valence-electron chi connectivity index (χ1n) is 6.54. The van der Waals surface area contributed by atoms with Crippen molar-refractivity contribution in [3.8, 4) is 0 Å². The molecule has 19 heavy (non-hydrogen) atoms. The Hall–Kier alpha value is -2.13. The van der Waals surface area contributed by atoms with Gasteiger partial charge in [0.1, 0.15) is 5.84 Å². The minimum Gasteiger partial charge on any atom is -0.312 e. The van der Waals surface area contributed by atoms with Gasteiger partial charge in [0, 0.05) is 5.92 Å². The molecule has 3 nitrogen and oxygen atoms in total. The maximum atomic E-state index is 5.65. The van der Waals surface area contributed by atoms with Gasteiger partial charge in [-0.05, 0) is 36.1 Å². The van der Waals surface area contributed by atoms with Crippen LogP contribution in [0.5, 0.6) is 0 Å². The number of hydrogen-bond donors (Lipinski definition) is 2. The lowest BCUT2D eigenvalue weighted by Crippen LogP contribution is -2.36. The largest absolute Gasteiger partial charge is 0.312 e. The van der Waals surface area contributed by atoms with Gasteiger partial charge >= 0.3 is 0 Å². The molecular formula is C16H17N3. The Morgan fingerprint density at radius 3 is 2.11 bits per heavy atom. The van der Waals surface area contributed by atoms with Crippen LogP contribution in [0.3, 0.4) is 0 Å². The molecule has 2 aromatic carbocycles. The van der Waals surface area contributed by atoms with Crippen LogP contribution in [0.1, 0.15) is 11.1 Å². The molecule has 0 bridgehead atoms. The molecule has 2 aromatic rings. The van der Waals surface area contributed by atoms with Crippen LogP contribution in [0.25, 0.3) is 0 Å². The molecule has 3 heteroatoms. The van der Waals surface area contributed by atoms with Gasteiger partial charge in [0.25, 0.3) is 0 Å². The Balaban J connectivity index is 1.84. The van der Waals surface area contributed by atoms with Crippen molar-refractivity contribution in [2.24, 2.45) is 16.8 Å². The minimum atomic E-state index is 0.350. The number of hydrogen-bond acceptors (Lipinski definition) is 2. The number of nitrogens with one attached hydrogen (secondary N) is 1. The fourth-order valence-corrected chi connectivity index (χ4v) is 2.64. The van der Waals surface area contributed by atoms with Crippen LogP contribution in [0.15, 0.2) is 59.6 Å². The highest BCUT2D eigenvalue weighted by Crippen LogP contribution is 2.27. The summed E-state index contributed by atoms with van der Waals surface area (Å²) in [4.78, 5) is 4.62. The smallest absolute Gasteiger partial charge is 0.120 e. The summed E-state index contributed by atoms with van der Waals surface area (Å²) in [6.45, 7) is 0. The molecule has 0 aliphatic heterocycles. The normalized spacial score (nSPS) is 15.3. The standard InChI is InChI=1S/C16H17N3/c17-19-16(18-15-8-2-1-3-9-15)14-10-12-6-4-5-7-13(12)11-14/h1-9,14H,10-11,17H2,(H,18,19). The van der Waals surface area contributed by atoms with Crippen LogP contribution >= 0.6 is 0 Å². The number of nitrogens with two attached hydrogens (primary N) is 1. The van der Waals surface area contributed by atoms with Crippen LogP contribution in [0, 0.1) is 5.92 Å². The van der Waals surface area contributed by atoms with E-state index in [0.29, 0.717) is 5.92 Å². The second-order valence-electron chi connectivity index (χ2n) is 4.85. The Bertz CT molecular complexity index is 565. The zero-order valence-electron chi connectivity index (χ0n) is 10.7. The summed E-state index contributed by atoms with van der Waals surface area (Å²) in [6, 6.07) is 18.5. The van der Waals surface area contributed by atoms with Gasteiger partial charge in [-0.3, -0.25) is 0 Å². The molecule has 0 radical (unpaired) electrons. The van der Waals surface area contributed by atoms with Crippen molar-refractivity contribution in [2.45, 2.75) is 12.8 Å². The molecule has 0 spiro atoms. The van der Waals surface area contributed by atoms with Gasteiger partial charge in [-0.1, -0.05) is 42.5 Å². The van der Waals surface area contributed by atoms with Crippen molar-refractivity contribution in [1.82, 2.24) is 5.43 Å². The van der Waals surface area contributed by atoms with E-state index in [4.69, 9.17) is 5.84 Å². The Morgan fingerprint density at radius 1 is 0.947 bits per heavy atom. The second-order valence-corrected chi connectivity index (χ2v) is 4.85. The monoisotopic (exact) mass is 251 g/mol. The third kappa shape index (κ3) is 2.51. The highest BCUT2D eigenvalue weighted by Gasteiger charge is 2.25. The molecule has 96 valence electrons. The molecule has 0 unspecified atom stereocenters. The molecule has 3 N–H and O–H groups in total. The third-order valence-electron chi connectivity index (χ3n) is 3.59. The van der Waals surface area contributed by atoms with Gasteiger partial charge in [-0.25, -0.2) is 10.8 Å². The molecule has 1 aliphatic rings. The zero-order valence-corrected chi connectivity index (χ0v) is 10.7. The molecule has 0 heterocycles. The average molecular weight is 251 g/mol. The molecule has 3 rings (SSSR count). The predicted molar refractivity (Wildman–Crippen MR) is 78.2 cm³/mol. The van der Waals surface area contributed by atoms with Gasteiger partial charge < -0.3 is 5.43 Å². The molecule has 1 aliphatic carbocycles. The number of para-hydroxylation sites is 1. The maximum Gasteiger partial charge on any atom is 0.120 e. The van der Waals surface area contributed by atoms with E-state index in [2.05, 4.69) is 34.7 Å².